The molecule has 45 heavy (non-hydrogen) atoms. The number of ether oxygens (including phenoxy) is 1. The Hall–Kier alpha value is -5.33. The zero-order valence-electron chi connectivity index (χ0n) is 25.3. The maximum Gasteiger partial charge on any atom is 0.260 e. The maximum absolute atomic E-state index is 12.4. The van der Waals surface area contributed by atoms with E-state index in [2.05, 4.69) is 66.5 Å². The number of likely N-dealkylation sites (N-methyl/N-ethyl adjacent to an activating group) is 1. The summed E-state index contributed by atoms with van der Waals surface area (Å²) < 4.78 is 14.4. The third kappa shape index (κ3) is 6.61. The Bertz CT molecular complexity index is 1870. The number of hydrogen-bond acceptors (Lipinski definition) is 10. The van der Waals surface area contributed by atoms with Gasteiger partial charge in [-0.2, -0.15) is 5.10 Å². The summed E-state index contributed by atoms with van der Waals surface area (Å²) in [5.74, 6) is 0.969. The number of carbonyl (C=O) groups excluding carboxylic acids is 1. The Morgan fingerprint density at radius 3 is 2.60 bits per heavy atom. The topological polar surface area (TPSA) is 134 Å². The highest BCUT2D eigenvalue weighted by molar-refractivity contribution is 6.17. The number of furan rings is 1. The van der Waals surface area contributed by atoms with E-state index in [4.69, 9.17) is 9.15 Å². The van der Waals surface area contributed by atoms with Crippen molar-refractivity contribution < 1.29 is 19.1 Å². The van der Waals surface area contributed by atoms with E-state index in [1.165, 1.54) is 25.2 Å². The molecule has 0 spiro atoms. The van der Waals surface area contributed by atoms with Crippen molar-refractivity contribution in [3.8, 4) is 34.1 Å². The third-order valence-corrected chi connectivity index (χ3v) is 7.63. The molecule has 0 radical (unpaired) electrons. The van der Waals surface area contributed by atoms with Crippen LogP contribution in [0.25, 0.3) is 33.6 Å². The first-order valence-corrected chi connectivity index (χ1v) is 14.5. The van der Waals surface area contributed by atoms with Crippen LogP contribution >= 0.6 is 0 Å². The molecule has 5 aromatic rings. The van der Waals surface area contributed by atoms with Gasteiger partial charge in [0.2, 0.25) is 11.6 Å². The van der Waals surface area contributed by atoms with Crippen LogP contribution in [0.5, 0.6) is 11.6 Å². The average molecular weight is 607 g/mol. The number of nitrogens with one attached hydrogen (secondary N) is 1. The van der Waals surface area contributed by atoms with Crippen molar-refractivity contribution in [2.24, 2.45) is 12.0 Å². The summed E-state index contributed by atoms with van der Waals surface area (Å²) in [6.45, 7) is 5.01. The Balaban J connectivity index is 1.35. The van der Waals surface area contributed by atoms with Crippen LogP contribution in [0.1, 0.15) is 5.56 Å². The molecule has 0 saturated carbocycles. The summed E-state index contributed by atoms with van der Waals surface area (Å²) in [5, 5.41) is 17.0. The van der Waals surface area contributed by atoms with Crippen molar-refractivity contribution in [3.05, 3.63) is 84.7 Å². The molecule has 1 fully saturated rings. The minimum absolute atomic E-state index is 0.0331. The number of hydrogen-bond donors (Lipinski definition) is 2. The molecular weight excluding hydrogens is 572 g/mol. The number of carbonyl (C=O) groups is 1. The van der Waals surface area contributed by atoms with Gasteiger partial charge in [-0.25, -0.2) is 9.97 Å². The van der Waals surface area contributed by atoms with Crippen molar-refractivity contribution in [2.75, 3.05) is 45.6 Å². The number of amides is 1. The number of aryl methyl sites for hydroxylation is 1. The van der Waals surface area contributed by atoms with E-state index in [1.54, 1.807) is 35.1 Å². The van der Waals surface area contributed by atoms with Crippen LogP contribution in [-0.4, -0.2) is 87.1 Å². The van der Waals surface area contributed by atoms with Crippen LogP contribution in [0.3, 0.4) is 0 Å². The molecule has 0 aliphatic carbocycles. The molecule has 0 atom stereocenters. The Morgan fingerprint density at radius 1 is 1.09 bits per heavy atom. The Morgan fingerprint density at radius 2 is 1.89 bits per heavy atom. The molecule has 0 bridgehead atoms. The summed E-state index contributed by atoms with van der Waals surface area (Å²) in [7, 11) is 5.54. The van der Waals surface area contributed by atoms with Crippen molar-refractivity contribution in [2.45, 2.75) is 6.54 Å². The molecular formula is C33H34N8O4. The number of aliphatic hydroxyl groups is 1. The van der Waals surface area contributed by atoms with Gasteiger partial charge in [-0.15, -0.1) is 0 Å². The molecule has 0 unspecified atom stereocenters. The van der Waals surface area contributed by atoms with Gasteiger partial charge >= 0.3 is 0 Å². The van der Waals surface area contributed by atoms with Crippen LogP contribution in [0.4, 0.5) is 5.69 Å². The molecule has 1 aliphatic heterocycles. The van der Waals surface area contributed by atoms with Gasteiger partial charge in [0.25, 0.3) is 5.91 Å². The molecule has 1 aliphatic rings. The number of benzene rings is 2. The lowest BCUT2D eigenvalue weighted by atomic mass is 9.98. The number of aliphatic hydroxyl groups excluding tert-OH is 1. The van der Waals surface area contributed by atoms with Crippen LogP contribution in [0.15, 0.2) is 88.5 Å². The fourth-order valence-electron chi connectivity index (χ4n) is 5.30. The second kappa shape index (κ2) is 13.1. The molecule has 1 saturated heterocycles. The SMILES string of the molecule is CN=C/C(=C/O)C(=O)Nc1ccc(Oc2ncnc3oc(-c4cnn(C)c4)c(-c4cccc(CN5CCN(C)CC5)c4)c23)cc1. The number of aromatic nitrogens is 4. The van der Waals surface area contributed by atoms with Crippen LogP contribution in [0, 0.1) is 0 Å². The molecule has 2 N–H and O–H groups in total. The molecule has 12 heteroatoms. The zero-order chi connectivity index (χ0) is 31.3. The number of fused-ring (bicyclic) bond motifs is 1. The molecule has 4 heterocycles. The molecule has 1 amide bonds. The Kier molecular flexibility index (Phi) is 8.67. The summed E-state index contributed by atoms with van der Waals surface area (Å²) in [6, 6.07) is 15.3. The van der Waals surface area contributed by atoms with Crippen molar-refractivity contribution in [1.82, 2.24) is 29.5 Å². The second-order valence-corrected chi connectivity index (χ2v) is 10.9. The number of anilines is 1. The summed E-state index contributed by atoms with van der Waals surface area (Å²) in [6.07, 6.45) is 7.07. The highest BCUT2D eigenvalue weighted by Gasteiger charge is 2.25. The second-order valence-electron chi connectivity index (χ2n) is 10.9. The first-order chi connectivity index (χ1) is 21.9. The van der Waals surface area contributed by atoms with Gasteiger partial charge in [-0.1, -0.05) is 18.2 Å². The van der Waals surface area contributed by atoms with E-state index < -0.39 is 5.91 Å². The minimum Gasteiger partial charge on any atom is -0.515 e. The molecule has 12 nitrogen and oxygen atoms in total. The largest absolute Gasteiger partial charge is 0.515 e. The van der Waals surface area contributed by atoms with Crippen LogP contribution < -0.4 is 10.1 Å². The van der Waals surface area contributed by atoms with Gasteiger partial charge < -0.3 is 24.5 Å². The fraction of sp³-hybridized carbons (Fsp3) is 0.242. The van der Waals surface area contributed by atoms with Crippen molar-refractivity contribution in [3.63, 3.8) is 0 Å². The first-order valence-electron chi connectivity index (χ1n) is 14.5. The smallest absolute Gasteiger partial charge is 0.260 e. The zero-order valence-corrected chi connectivity index (χ0v) is 25.3. The lowest BCUT2D eigenvalue weighted by Gasteiger charge is -2.32. The number of rotatable bonds is 9. The van der Waals surface area contributed by atoms with E-state index in [0.29, 0.717) is 40.4 Å². The standard InChI is InChI=1S/C33H34N8O4/c1-34-16-25(20-42)31(43)38-26-7-9-27(10-8-26)44-32-29-28(30(24-17-37-40(3)19-24)45-33(29)36-21-35-32)23-6-4-5-22(15-23)18-41-13-11-39(2)12-14-41/h4-10,15-17,19-21,42H,11-14,18H2,1-3H3,(H,38,43)/b25-20-,34-16?. The fourth-order valence-corrected chi connectivity index (χ4v) is 5.30. The van der Waals surface area contributed by atoms with Crippen LogP contribution in [-0.2, 0) is 18.4 Å². The number of aliphatic imine (C=N–C) groups is 1. The number of piperazine rings is 1. The van der Waals surface area contributed by atoms with E-state index in [-0.39, 0.29) is 5.57 Å². The summed E-state index contributed by atoms with van der Waals surface area (Å²) in [5.41, 5.74) is 4.73. The Labute approximate surface area is 260 Å². The molecule has 3 aromatic heterocycles. The monoisotopic (exact) mass is 606 g/mol. The predicted octanol–water partition coefficient (Wildman–Crippen LogP) is 4.91. The van der Waals surface area contributed by atoms with Gasteiger partial charge in [0, 0.05) is 70.5 Å². The van der Waals surface area contributed by atoms with E-state index in [1.807, 2.05) is 13.2 Å². The van der Waals surface area contributed by atoms with Gasteiger partial charge in [-0.3, -0.25) is 19.4 Å². The van der Waals surface area contributed by atoms with E-state index in [0.717, 1.165) is 49.4 Å². The van der Waals surface area contributed by atoms with Gasteiger partial charge in [0.05, 0.1) is 23.6 Å². The molecule has 2 aromatic carbocycles. The van der Waals surface area contributed by atoms with Gasteiger partial charge in [0.15, 0.2) is 0 Å². The van der Waals surface area contributed by atoms with Crippen molar-refractivity contribution in [1.29, 1.82) is 0 Å². The quantitative estimate of drug-likeness (QED) is 0.136. The lowest BCUT2D eigenvalue weighted by molar-refractivity contribution is -0.112. The third-order valence-electron chi connectivity index (χ3n) is 7.63. The lowest BCUT2D eigenvalue weighted by Crippen LogP contribution is -2.43. The highest BCUT2D eigenvalue weighted by atomic mass is 16.5. The van der Waals surface area contributed by atoms with Crippen molar-refractivity contribution >= 4 is 28.9 Å². The normalized spacial score (nSPS) is 14.8. The maximum atomic E-state index is 12.4. The molecule has 6 rings (SSSR count). The highest BCUT2D eigenvalue weighted by Crippen LogP contribution is 2.44. The van der Waals surface area contributed by atoms with Gasteiger partial charge in [0.1, 0.15) is 23.2 Å². The van der Waals surface area contributed by atoms with Crippen LogP contribution in [0.2, 0.25) is 0 Å². The predicted molar refractivity (Wildman–Crippen MR) is 172 cm³/mol. The summed E-state index contributed by atoms with van der Waals surface area (Å²) in [4.78, 5) is 29.9. The van der Waals surface area contributed by atoms with E-state index >= 15 is 0 Å². The number of nitrogens with zero attached hydrogens (tertiary/aromatic N) is 7. The van der Waals surface area contributed by atoms with Gasteiger partial charge in [-0.05, 0) is 48.5 Å². The first kappa shape index (κ1) is 29.7. The molecule has 230 valence electrons. The minimum atomic E-state index is -0.491. The summed E-state index contributed by atoms with van der Waals surface area (Å²) >= 11 is 0. The van der Waals surface area contributed by atoms with E-state index in [9.17, 15) is 9.90 Å². The average Bonchev–Trinajstić information content (AvgIpc) is 3.66.